The summed E-state index contributed by atoms with van der Waals surface area (Å²) in [6.45, 7) is 4.45. The number of morpholine rings is 1. The number of anilines is 1. The van der Waals surface area contributed by atoms with Crippen LogP contribution in [0.3, 0.4) is 0 Å². The normalized spacial score (nSPS) is 20.3. The molecule has 36 heavy (non-hydrogen) atoms. The Bertz CT molecular complexity index is 1460. The summed E-state index contributed by atoms with van der Waals surface area (Å²) in [5, 5.41) is 4.49. The van der Waals surface area contributed by atoms with Gasteiger partial charge in [-0.25, -0.2) is 23.7 Å². The monoisotopic (exact) mass is 493 g/mol. The van der Waals surface area contributed by atoms with Crippen molar-refractivity contribution in [2.75, 3.05) is 25.1 Å². The number of hydrogen-bond acceptors (Lipinski definition) is 8. The molecule has 1 saturated heterocycles. The van der Waals surface area contributed by atoms with E-state index in [9.17, 15) is 8.78 Å². The van der Waals surface area contributed by atoms with Crippen molar-refractivity contribution >= 4 is 17.1 Å². The maximum absolute atomic E-state index is 14.9. The van der Waals surface area contributed by atoms with Gasteiger partial charge in [0.25, 0.3) is 0 Å². The predicted molar refractivity (Wildman–Crippen MR) is 127 cm³/mol. The van der Waals surface area contributed by atoms with Gasteiger partial charge in [-0.3, -0.25) is 4.68 Å². The van der Waals surface area contributed by atoms with E-state index in [1.54, 1.807) is 7.11 Å². The average molecular weight is 494 g/mol. The third-order valence-electron chi connectivity index (χ3n) is 6.65. The highest BCUT2D eigenvalue weighted by atomic mass is 19.1. The van der Waals surface area contributed by atoms with Crippen molar-refractivity contribution in [1.82, 2.24) is 29.7 Å². The summed E-state index contributed by atoms with van der Waals surface area (Å²) in [5.74, 6) is -1.06. The second-order valence-corrected chi connectivity index (χ2v) is 9.24. The summed E-state index contributed by atoms with van der Waals surface area (Å²) < 4.78 is 42.2. The largest absolute Gasteiger partial charge is 0.354 e. The van der Waals surface area contributed by atoms with Crippen LogP contribution in [0.15, 0.2) is 30.6 Å². The van der Waals surface area contributed by atoms with Gasteiger partial charge in [-0.1, -0.05) is 0 Å². The number of ether oxygens (including phenoxy) is 2. The SMILES string of the molecule is COC1CN(c2nc(-c3ccc(F)cc3F)c3nc(C)c(C)nc3n2)CC(c2cnn(C3CC3)c2)O1. The lowest BCUT2D eigenvalue weighted by Gasteiger charge is -2.37. The molecule has 0 radical (unpaired) electrons. The Morgan fingerprint density at radius 1 is 1.03 bits per heavy atom. The Labute approximate surface area is 206 Å². The van der Waals surface area contributed by atoms with Gasteiger partial charge in [0, 0.05) is 30.5 Å². The maximum Gasteiger partial charge on any atom is 0.228 e. The number of rotatable bonds is 5. The minimum absolute atomic E-state index is 0.126. The van der Waals surface area contributed by atoms with Crippen LogP contribution in [0.2, 0.25) is 0 Å². The summed E-state index contributed by atoms with van der Waals surface area (Å²) in [6, 6.07) is 3.85. The Kier molecular flexibility index (Phi) is 5.60. The number of nitrogens with zero attached hydrogens (tertiary/aromatic N) is 7. The lowest BCUT2D eigenvalue weighted by Crippen LogP contribution is -2.45. The minimum Gasteiger partial charge on any atom is -0.354 e. The van der Waals surface area contributed by atoms with Gasteiger partial charge in [0.15, 0.2) is 11.9 Å². The lowest BCUT2D eigenvalue weighted by atomic mass is 10.1. The summed E-state index contributed by atoms with van der Waals surface area (Å²) in [4.78, 5) is 20.5. The fourth-order valence-corrected chi connectivity index (χ4v) is 4.37. The topological polar surface area (TPSA) is 91.1 Å². The third-order valence-corrected chi connectivity index (χ3v) is 6.65. The first-order valence-electron chi connectivity index (χ1n) is 11.8. The van der Waals surface area contributed by atoms with E-state index < -0.39 is 17.9 Å². The maximum atomic E-state index is 14.9. The van der Waals surface area contributed by atoms with Crippen LogP contribution >= 0.6 is 0 Å². The molecule has 0 amide bonds. The van der Waals surface area contributed by atoms with Crippen LogP contribution in [0.5, 0.6) is 0 Å². The zero-order valence-electron chi connectivity index (χ0n) is 20.2. The first kappa shape index (κ1) is 22.9. The van der Waals surface area contributed by atoms with E-state index in [1.807, 2.05) is 35.8 Å². The van der Waals surface area contributed by atoms with E-state index in [1.165, 1.54) is 12.1 Å². The van der Waals surface area contributed by atoms with Crippen LogP contribution < -0.4 is 4.90 Å². The van der Waals surface area contributed by atoms with Crippen molar-refractivity contribution in [2.24, 2.45) is 0 Å². The zero-order chi connectivity index (χ0) is 25.0. The van der Waals surface area contributed by atoms with E-state index in [0.717, 1.165) is 24.5 Å². The molecule has 0 spiro atoms. The molecule has 1 saturated carbocycles. The van der Waals surface area contributed by atoms with Crippen LogP contribution in [-0.2, 0) is 9.47 Å². The highest BCUT2D eigenvalue weighted by Crippen LogP contribution is 2.36. The molecule has 9 nitrogen and oxygen atoms in total. The van der Waals surface area contributed by atoms with E-state index >= 15 is 0 Å². The van der Waals surface area contributed by atoms with Gasteiger partial charge in [0.2, 0.25) is 5.95 Å². The second-order valence-electron chi connectivity index (χ2n) is 9.24. The number of halogens is 2. The lowest BCUT2D eigenvalue weighted by molar-refractivity contribution is -0.164. The van der Waals surface area contributed by atoms with Crippen molar-refractivity contribution in [3.63, 3.8) is 0 Å². The number of benzene rings is 1. The Morgan fingerprint density at radius 3 is 2.58 bits per heavy atom. The molecule has 0 N–H and O–H groups in total. The molecule has 3 aromatic heterocycles. The van der Waals surface area contributed by atoms with Gasteiger partial charge in [0.05, 0.1) is 36.7 Å². The molecule has 4 heterocycles. The first-order chi connectivity index (χ1) is 17.4. The van der Waals surface area contributed by atoms with E-state index in [4.69, 9.17) is 14.5 Å². The fraction of sp³-hybridized carbons (Fsp3) is 0.400. The third kappa shape index (κ3) is 4.18. The smallest absolute Gasteiger partial charge is 0.228 e. The van der Waals surface area contributed by atoms with E-state index in [2.05, 4.69) is 20.1 Å². The Hall–Kier alpha value is -3.57. The molecule has 186 valence electrons. The fourth-order valence-electron chi connectivity index (χ4n) is 4.37. The van der Waals surface area contributed by atoms with Gasteiger partial charge >= 0.3 is 0 Å². The zero-order valence-corrected chi connectivity index (χ0v) is 20.2. The van der Waals surface area contributed by atoms with Crippen molar-refractivity contribution in [3.05, 3.63) is 59.2 Å². The van der Waals surface area contributed by atoms with E-state index in [-0.39, 0.29) is 17.4 Å². The van der Waals surface area contributed by atoms with Crippen LogP contribution in [0.1, 0.15) is 41.9 Å². The number of aryl methyl sites for hydroxylation is 2. The highest BCUT2D eigenvalue weighted by Gasteiger charge is 2.33. The molecule has 0 bridgehead atoms. The molecular weight excluding hydrogens is 468 g/mol. The molecule has 1 aliphatic carbocycles. The van der Waals surface area contributed by atoms with Gasteiger partial charge in [-0.2, -0.15) is 10.1 Å². The van der Waals surface area contributed by atoms with Crippen LogP contribution in [0.25, 0.3) is 22.4 Å². The molecule has 2 unspecified atom stereocenters. The summed E-state index contributed by atoms with van der Waals surface area (Å²) in [5.41, 5.74) is 3.39. The molecule has 11 heteroatoms. The minimum atomic E-state index is -0.733. The summed E-state index contributed by atoms with van der Waals surface area (Å²) in [6.07, 6.45) is 5.23. The van der Waals surface area contributed by atoms with E-state index in [0.29, 0.717) is 47.6 Å². The van der Waals surface area contributed by atoms with Crippen LogP contribution in [-0.4, -0.2) is 56.2 Å². The van der Waals surface area contributed by atoms with Crippen LogP contribution in [0, 0.1) is 25.5 Å². The van der Waals surface area contributed by atoms with Gasteiger partial charge < -0.3 is 14.4 Å². The van der Waals surface area contributed by atoms with Gasteiger partial charge in [-0.05, 0) is 38.8 Å². The molecule has 1 aliphatic heterocycles. The molecule has 1 aromatic carbocycles. The van der Waals surface area contributed by atoms with Gasteiger partial charge in [0.1, 0.15) is 28.9 Å². The first-order valence-corrected chi connectivity index (χ1v) is 11.8. The summed E-state index contributed by atoms with van der Waals surface area (Å²) >= 11 is 0. The van der Waals surface area contributed by atoms with Crippen molar-refractivity contribution < 1.29 is 18.3 Å². The number of hydrogen-bond donors (Lipinski definition) is 0. The predicted octanol–water partition coefficient (Wildman–Crippen LogP) is 4.06. The van der Waals surface area contributed by atoms with Crippen molar-refractivity contribution in [2.45, 2.75) is 45.1 Å². The van der Waals surface area contributed by atoms with Crippen molar-refractivity contribution in [3.8, 4) is 11.3 Å². The number of fused-ring (bicyclic) bond motifs is 1. The standard InChI is InChI=1S/C25H25F2N7O2/c1-13-14(2)30-24-23(29-13)22(18-7-4-16(26)8-19(18)27)31-25(32-24)33-11-20(36-21(12-33)35-3)15-9-28-34(10-15)17-5-6-17/h4,7-10,17,20-21H,5-6,11-12H2,1-3H3. The summed E-state index contributed by atoms with van der Waals surface area (Å²) in [7, 11) is 1.58. The second kappa shape index (κ2) is 8.82. The molecule has 2 atom stereocenters. The number of methoxy groups -OCH3 is 1. The average Bonchev–Trinajstić information content (AvgIpc) is 3.60. The molecule has 2 fully saturated rings. The molecule has 6 rings (SSSR count). The Balaban J connectivity index is 1.44. The van der Waals surface area contributed by atoms with Crippen molar-refractivity contribution in [1.29, 1.82) is 0 Å². The molecule has 2 aliphatic rings. The molecular formula is C25H25F2N7O2. The highest BCUT2D eigenvalue weighted by molar-refractivity contribution is 5.88. The Morgan fingerprint density at radius 2 is 1.83 bits per heavy atom. The quantitative estimate of drug-likeness (QED) is 0.411. The number of aromatic nitrogens is 6. The molecule has 4 aromatic rings. The van der Waals surface area contributed by atoms with Gasteiger partial charge in [-0.15, -0.1) is 0 Å². The van der Waals surface area contributed by atoms with Crippen LogP contribution in [0.4, 0.5) is 14.7 Å².